The molecule has 1 amide bonds. The zero-order chi connectivity index (χ0) is 36.1. The van der Waals surface area contributed by atoms with Gasteiger partial charge >= 0.3 is 18.0 Å². The van der Waals surface area contributed by atoms with Crippen LogP contribution in [0.3, 0.4) is 0 Å². The molecule has 2 aromatic carbocycles. The van der Waals surface area contributed by atoms with Crippen LogP contribution in [0.5, 0.6) is 5.75 Å². The van der Waals surface area contributed by atoms with Crippen LogP contribution in [0, 0.1) is 12.8 Å². The zero-order valence-corrected chi connectivity index (χ0v) is 30.6. The Kier molecular flexibility index (Phi) is 12.4. The molecule has 1 aliphatic rings. The third kappa shape index (κ3) is 13.1. The van der Waals surface area contributed by atoms with Crippen LogP contribution in [0.2, 0.25) is 0 Å². The van der Waals surface area contributed by atoms with Crippen molar-refractivity contribution in [2.24, 2.45) is 5.92 Å². The molecule has 2 aromatic rings. The van der Waals surface area contributed by atoms with Crippen molar-refractivity contribution >= 4 is 28.1 Å². The van der Waals surface area contributed by atoms with E-state index in [1.165, 1.54) is 12.1 Å². The molecular weight excluding hydrogens is 638 g/mol. The fraction of sp³-hybridized carbons (Fsp3) is 0.583. The van der Waals surface area contributed by atoms with E-state index in [0.717, 1.165) is 11.1 Å². The number of nitrogens with one attached hydrogen (secondary N) is 1. The largest absolute Gasteiger partial charge is 0.490 e. The van der Waals surface area contributed by atoms with Crippen LogP contribution in [0.25, 0.3) is 0 Å². The van der Waals surface area contributed by atoms with E-state index in [0.29, 0.717) is 18.6 Å². The van der Waals surface area contributed by atoms with E-state index in [-0.39, 0.29) is 23.8 Å². The van der Waals surface area contributed by atoms with Crippen molar-refractivity contribution in [3.05, 3.63) is 59.7 Å². The van der Waals surface area contributed by atoms with Crippen molar-refractivity contribution in [2.45, 2.75) is 135 Å². The predicted molar refractivity (Wildman–Crippen MR) is 180 cm³/mol. The molecule has 12 heteroatoms. The maximum atomic E-state index is 13.4. The van der Waals surface area contributed by atoms with Crippen molar-refractivity contribution < 1.29 is 45.9 Å². The maximum Gasteiger partial charge on any atom is 0.408 e. The third-order valence-corrected chi connectivity index (χ3v) is 8.35. The minimum absolute atomic E-state index is 0.0870. The summed E-state index contributed by atoms with van der Waals surface area (Å²) in [5.41, 5.74) is -0.681. The van der Waals surface area contributed by atoms with Gasteiger partial charge in [-0.1, -0.05) is 29.8 Å². The monoisotopic (exact) mass is 689 g/mol. The normalized spacial score (nSPS) is 18.1. The van der Waals surface area contributed by atoms with E-state index < -0.39 is 63.0 Å². The Morgan fingerprint density at radius 2 is 1.27 bits per heavy atom. The standard InChI is InChI=1S/C36H51NO10S/c1-23-11-17-29(18-12-23)48(41,42)47-28-21-27(22-28)43-26-15-13-24(14-16-26)19-25(31(38)44-34(2,3)4)20-30(32(39)45-35(5,6)7)37-33(40)46-36(8,9)10/h11-18,25,27-28,30H,19-22H2,1-10H3,(H,37,40). The Hall–Kier alpha value is -3.64. The van der Waals surface area contributed by atoms with Gasteiger partial charge in [-0.3, -0.25) is 8.98 Å². The van der Waals surface area contributed by atoms with Crippen LogP contribution in [0.4, 0.5) is 4.79 Å². The minimum atomic E-state index is -3.86. The first-order valence-corrected chi connectivity index (χ1v) is 17.6. The second-order valence-electron chi connectivity index (χ2n) is 15.2. The Morgan fingerprint density at radius 1 is 0.750 bits per heavy atom. The van der Waals surface area contributed by atoms with Crippen LogP contribution in [0.1, 0.15) is 92.7 Å². The topological polar surface area (TPSA) is 144 Å². The van der Waals surface area contributed by atoms with Gasteiger partial charge < -0.3 is 24.3 Å². The number of amides is 1. The lowest BCUT2D eigenvalue weighted by atomic mass is 9.91. The fourth-order valence-electron chi connectivity index (χ4n) is 4.78. The van der Waals surface area contributed by atoms with E-state index in [1.54, 1.807) is 86.6 Å². The summed E-state index contributed by atoms with van der Waals surface area (Å²) in [6.07, 6.45) is -0.524. The molecule has 11 nitrogen and oxygen atoms in total. The van der Waals surface area contributed by atoms with Gasteiger partial charge in [0, 0.05) is 12.8 Å². The number of rotatable bonds is 12. The summed E-state index contributed by atoms with van der Waals surface area (Å²) in [6.45, 7) is 17.4. The summed E-state index contributed by atoms with van der Waals surface area (Å²) in [5, 5.41) is 2.59. The molecule has 1 aliphatic carbocycles. The fourth-order valence-corrected chi connectivity index (χ4v) is 5.88. The first-order valence-electron chi connectivity index (χ1n) is 16.2. The van der Waals surface area contributed by atoms with E-state index >= 15 is 0 Å². The zero-order valence-electron chi connectivity index (χ0n) is 29.7. The molecule has 0 radical (unpaired) electrons. The highest BCUT2D eigenvalue weighted by molar-refractivity contribution is 7.86. The van der Waals surface area contributed by atoms with E-state index in [2.05, 4.69) is 5.32 Å². The molecule has 1 fully saturated rings. The van der Waals surface area contributed by atoms with Gasteiger partial charge in [0.15, 0.2) is 0 Å². The smallest absolute Gasteiger partial charge is 0.408 e. The Bertz CT molecular complexity index is 1510. The van der Waals surface area contributed by atoms with Crippen LogP contribution < -0.4 is 10.1 Å². The summed E-state index contributed by atoms with van der Waals surface area (Å²) in [5.74, 6) is -1.46. The number of hydrogen-bond acceptors (Lipinski definition) is 10. The van der Waals surface area contributed by atoms with Gasteiger partial charge in [-0.05, 0) is 112 Å². The number of carbonyl (C=O) groups is 3. The van der Waals surface area contributed by atoms with Crippen molar-refractivity contribution in [3.63, 3.8) is 0 Å². The third-order valence-electron chi connectivity index (χ3n) is 6.97. The number of hydrogen-bond donors (Lipinski definition) is 1. The number of carbonyl (C=O) groups excluding carboxylic acids is 3. The van der Waals surface area contributed by atoms with Crippen molar-refractivity contribution in [3.8, 4) is 5.75 Å². The average molecular weight is 690 g/mol. The number of esters is 2. The highest BCUT2D eigenvalue weighted by Gasteiger charge is 2.37. The molecule has 2 atom stereocenters. The molecule has 0 spiro atoms. The van der Waals surface area contributed by atoms with Crippen molar-refractivity contribution in [1.29, 1.82) is 0 Å². The minimum Gasteiger partial charge on any atom is -0.490 e. The number of alkyl carbamates (subject to hydrolysis) is 1. The van der Waals surface area contributed by atoms with Crippen LogP contribution in [0.15, 0.2) is 53.4 Å². The van der Waals surface area contributed by atoms with Gasteiger partial charge in [0.2, 0.25) is 0 Å². The molecular formula is C36H51NO10S. The Balaban J connectivity index is 1.68. The summed E-state index contributed by atoms with van der Waals surface area (Å²) in [4.78, 5) is 39.4. The first kappa shape index (κ1) is 38.8. The van der Waals surface area contributed by atoms with E-state index in [4.69, 9.17) is 23.1 Å². The molecule has 266 valence electrons. The van der Waals surface area contributed by atoms with Gasteiger partial charge in [-0.15, -0.1) is 0 Å². The van der Waals surface area contributed by atoms with Gasteiger partial charge in [-0.2, -0.15) is 8.42 Å². The molecule has 0 aromatic heterocycles. The summed E-state index contributed by atoms with van der Waals surface area (Å²) in [6, 6.07) is 12.5. The molecule has 3 rings (SSSR count). The molecule has 0 heterocycles. The van der Waals surface area contributed by atoms with Crippen LogP contribution >= 0.6 is 0 Å². The molecule has 1 N–H and O–H groups in total. The molecule has 0 aliphatic heterocycles. The lowest BCUT2D eigenvalue weighted by Gasteiger charge is -2.34. The highest BCUT2D eigenvalue weighted by atomic mass is 32.2. The lowest BCUT2D eigenvalue weighted by molar-refractivity contribution is -0.162. The quantitative estimate of drug-likeness (QED) is 0.150. The number of ether oxygens (including phenoxy) is 4. The van der Waals surface area contributed by atoms with E-state index in [1.807, 2.05) is 19.1 Å². The molecule has 1 saturated carbocycles. The van der Waals surface area contributed by atoms with Gasteiger partial charge in [0.1, 0.15) is 34.7 Å². The van der Waals surface area contributed by atoms with E-state index in [9.17, 15) is 22.8 Å². The molecule has 0 saturated heterocycles. The van der Waals surface area contributed by atoms with Crippen LogP contribution in [-0.4, -0.2) is 61.5 Å². The van der Waals surface area contributed by atoms with Gasteiger partial charge in [0.25, 0.3) is 10.1 Å². The van der Waals surface area contributed by atoms with Gasteiger partial charge in [0.05, 0.1) is 16.9 Å². The lowest BCUT2D eigenvalue weighted by Crippen LogP contribution is -2.48. The van der Waals surface area contributed by atoms with Gasteiger partial charge in [-0.25, -0.2) is 9.59 Å². The Morgan fingerprint density at radius 3 is 1.79 bits per heavy atom. The number of aryl methyl sites for hydroxylation is 1. The number of benzene rings is 2. The second kappa shape index (κ2) is 15.3. The van der Waals surface area contributed by atoms with Crippen molar-refractivity contribution in [2.75, 3.05) is 0 Å². The summed E-state index contributed by atoms with van der Waals surface area (Å²) in [7, 11) is -3.86. The molecule has 0 bridgehead atoms. The summed E-state index contributed by atoms with van der Waals surface area (Å²) < 4.78 is 53.2. The SMILES string of the molecule is Cc1ccc(S(=O)(=O)OC2CC(Oc3ccc(CC(CC(NC(=O)OC(C)(C)C)C(=O)OC(C)(C)C)C(=O)OC(C)(C)C)cc3)C2)cc1. The first-order chi connectivity index (χ1) is 22.0. The Labute approximate surface area is 285 Å². The summed E-state index contributed by atoms with van der Waals surface area (Å²) >= 11 is 0. The average Bonchev–Trinajstić information content (AvgIpc) is 2.89. The van der Waals surface area contributed by atoms with Crippen molar-refractivity contribution in [1.82, 2.24) is 5.32 Å². The second-order valence-corrected chi connectivity index (χ2v) is 16.8. The molecule has 48 heavy (non-hydrogen) atoms. The molecule has 2 unspecified atom stereocenters. The predicted octanol–water partition coefficient (Wildman–Crippen LogP) is 6.44. The highest BCUT2D eigenvalue weighted by Crippen LogP contribution is 2.32. The maximum absolute atomic E-state index is 13.4. The van der Waals surface area contributed by atoms with Crippen LogP contribution in [-0.2, 0) is 44.5 Å².